The van der Waals surface area contributed by atoms with Crippen molar-refractivity contribution in [1.29, 1.82) is 0 Å². The first-order valence-corrected chi connectivity index (χ1v) is 23.2. The first-order valence-electron chi connectivity index (χ1n) is 19.7. The average molecular weight is 751 g/mol. The fraction of sp³-hybridized carbons (Fsp3) is 0.0566. The van der Waals surface area contributed by atoms with Crippen LogP contribution in [0, 0.1) is 0 Å². The molecule has 0 saturated heterocycles. The van der Waals surface area contributed by atoms with Crippen LogP contribution in [0.5, 0.6) is 0 Å². The molecule has 0 bridgehead atoms. The molecule has 1 heterocycles. The molecule has 0 atom stereocenters. The summed E-state index contributed by atoms with van der Waals surface area (Å²) in [5.41, 5.74) is 10.8. The summed E-state index contributed by atoms with van der Waals surface area (Å²) in [5, 5.41) is 8.44. The smallest absolute Gasteiger partial charge is 0.143 e. The van der Waals surface area contributed by atoms with Crippen molar-refractivity contribution in [2.24, 2.45) is 0 Å². The lowest BCUT2D eigenvalue weighted by Gasteiger charge is -2.26. The molecule has 4 heteroatoms. The van der Waals surface area contributed by atoms with Crippen LogP contribution in [0.4, 0.5) is 34.1 Å². The van der Waals surface area contributed by atoms with Crippen molar-refractivity contribution in [1.82, 2.24) is 0 Å². The van der Waals surface area contributed by atoms with Crippen LogP contribution in [0.25, 0.3) is 54.6 Å². The Bertz CT molecular complexity index is 2980. The summed E-state index contributed by atoms with van der Waals surface area (Å²) in [6.45, 7) is 7.18. The van der Waals surface area contributed by atoms with Gasteiger partial charge >= 0.3 is 0 Å². The second-order valence-corrected chi connectivity index (χ2v) is 20.9. The minimum Gasteiger partial charge on any atom is -0.455 e. The van der Waals surface area contributed by atoms with E-state index in [1.165, 1.54) is 32.5 Å². The number of para-hydroxylation sites is 3. The highest BCUT2D eigenvalue weighted by atomic mass is 28.3. The van der Waals surface area contributed by atoms with Crippen molar-refractivity contribution in [3.8, 4) is 11.1 Å². The predicted molar refractivity (Wildman–Crippen MR) is 247 cm³/mol. The monoisotopic (exact) mass is 750 g/mol. The summed E-state index contributed by atoms with van der Waals surface area (Å²) in [7, 11) is -1.44. The van der Waals surface area contributed by atoms with Crippen LogP contribution < -0.4 is 15.0 Å². The van der Waals surface area contributed by atoms with Crippen LogP contribution in [0.1, 0.15) is 0 Å². The van der Waals surface area contributed by atoms with Crippen molar-refractivity contribution >= 4 is 90.9 Å². The van der Waals surface area contributed by atoms with E-state index in [2.05, 4.69) is 230 Å². The van der Waals surface area contributed by atoms with E-state index in [9.17, 15) is 0 Å². The van der Waals surface area contributed by atoms with Gasteiger partial charge in [0.2, 0.25) is 0 Å². The molecule has 10 aromatic rings. The maximum atomic E-state index is 6.95. The zero-order valence-corrected chi connectivity index (χ0v) is 33.4. The molecule has 3 nitrogen and oxygen atoms in total. The molecule has 0 radical (unpaired) electrons. The van der Waals surface area contributed by atoms with Crippen LogP contribution >= 0.6 is 0 Å². The summed E-state index contributed by atoms with van der Waals surface area (Å²) in [6.07, 6.45) is 0. The molecule has 0 saturated carbocycles. The van der Waals surface area contributed by atoms with Gasteiger partial charge in [-0.25, -0.2) is 0 Å². The minimum absolute atomic E-state index is 0.876. The highest BCUT2D eigenvalue weighted by molar-refractivity contribution is 6.88. The molecule has 0 aliphatic carbocycles. The summed E-state index contributed by atoms with van der Waals surface area (Å²) in [6, 6.07) is 72.0. The van der Waals surface area contributed by atoms with Gasteiger partial charge in [0.1, 0.15) is 11.2 Å². The van der Waals surface area contributed by atoms with Crippen LogP contribution in [0.3, 0.4) is 0 Å². The molecule has 0 spiro atoms. The van der Waals surface area contributed by atoms with Gasteiger partial charge in [0.25, 0.3) is 0 Å². The van der Waals surface area contributed by atoms with E-state index in [1.54, 1.807) is 0 Å². The normalized spacial score (nSPS) is 11.8. The first kappa shape index (κ1) is 34.6. The van der Waals surface area contributed by atoms with Gasteiger partial charge in [-0.15, -0.1) is 0 Å². The Morgan fingerprint density at radius 2 is 0.807 bits per heavy atom. The molecule has 0 amide bonds. The quantitative estimate of drug-likeness (QED) is 0.114. The molecular weight excluding hydrogens is 709 g/mol. The summed E-state index contributed by atoms with van der Waals surface area (Å²) < 4.78 is 6.95. The third-order valence-electron chi connectivity index (χ3n) is 11.2. The number of rotatable bonds is 8. The van der Waals surface area contributed by atoms with Gasteiger partial charge in [0.15, 0.2) is 0 Å². The van der Waals surface area contributed by atoms with Crippen LogP contribution in [-0.2, 0) is 0 Å². The lowest BCUT2D eigenvalue weighted by atomic mass is 9.94. The largest absolute Gasteiger partial charge is 0.455 e. The van der Waals surface area contributed by atoms with E-state index < -0.39 is 8.07 Å². The Labute approximate surface area is 334 Å². The lowest BCUT2D eigenvalue weighted by Crippen LogP contribution is -2.37. The number of benzene rings is 9. The maximum Gasteiger partial charge on any atom is 0.143 e. The van der Waals surface area contributed by atoms with Gasteiger partial charge in [0.05, 0.1) is 8.07 Å². The van der Waals surface area contributed by atoms with Gasteiger partial charge < -0.3 is 14.2 Å². The SMILES string of the molecule is C[Si](C)(C)c1ccc(N(c2ccccc2)c2ccc3c(c2)oc2c4ccc(-c5ccc(N(c6ccccc6)c6ccccc6)cc5)cc4c4ccccc4c32)cc1. The lowest BCUT2D eigenvalue weighted by molar-refractivity contribution is 0.673. The van der Waals surface area contributed by atoms with Gasteiger partial charge in [-0.3, -0.25) is 0 Å². The molecular formula is C53H42N2OSi. The molecule has 0 aliphatic rings. The van der Waals surface area contributed by atoms with Crippen molar-refractivity contribution in [3.63, 3.8) is 0 Å². The third-order valence-corrected chi connectivity index (χ3v) is 13.2. The Morgan fingerprint density at radius 1 is 0.351 bits per heavy atom. The Hall–Kier alpha value is -6.88. The van der Waals surface area contributed by atoms with Gasteiger partial charge in [-0.2, -0.15) is 0 Å². The molecule has 9 aromatic carbocycles. The number of fused-ring (bicyclic) bond motifs is 8. The summed E-state index contributed by atoms with van der Waals surface area (Å²) in [4.78, 5) is 4.62. The third kappa shape index (κ3) is 6.25. The van der Waals surface area contributed by atoms with E-state index in [1.807, 2.05) is 0 Å². The van der Waals surface area contributed by atoms with Crippen LogP contribution in [0.2, 0.25) is 19.6 Å². The highest BCUT2D eigenvalue weighted by Gasteiger charge is 2.21. The van der Waals surface area contributed by atoms with Crippen LogP contribution in [0.15, 0.2) is 205 Å². The number of furan rings is 1. The molecule has 0 N–H and O–H groups in total. The second-order valence-electron chi connectivity index (χ2n) is 15.8. The standard InChI is InChI=1S/C53H42N2OSi/c1-57(2,3)45-31-28-43(29-32-45)55(41-19-11-6-12-20-41)44-30-34-49-51(36-44)56-53-48-33-25-38(35-50(48)46-21-13-14-22-47(46)52(49)53)37-23-26-42(27-24-37)54(39-15-7-4-8-16-39)40-17-9-5-10-18-40/h4-36H,1-3H3. The van der Waals surface area contributed by atoms with Crippen LogP contribution in [-0.4, -0.2) is 8.07 Å². The predicted octanol–water partition coefficient (Wildman–Crippen LogP) is 15.0. The Balaban J connectivity index is 1.08. The van der Waals surface area contributed by atoms with Crippen molar-refractivity contribution in [2.45, 2.75) is 19.6 Å². The molecule has 0 unspecified atom stereocenters. The van der Waals surface area contributed by atoms with Crippen molar-refractivity contribution < 1.29 is 4.42 Å². The molecule has 57 heavy (non-hydrogen) atoms. The number of hydrogen-bond donors (Lipinski definition) is 0. The number of hydrogen-bond acceptors (Lipinski definition) is 3. The topological polar surface area (TPSA) is 19.6 Å². The maximum absolute atomic E-state index is 6.95. The number of nitrogens with zero attached hydrogens (tertiary/aromatic N) is 2. The van der Waals surface area contributed by atoms with Gasteiger partial charge in [-0.05, 0) is 112 Å². The highest BCUT2D eigenvalue weighted by Crippen LogP contribution is 2.44. The Morgan fingerprint density at radius 3 is 1.39 bits per heavy atom. The second kappa shape index (κ2) is 14.0. The molecule has 0 aliphatic heterocycles. The van der Waals surface area contributed by atoms with E-state index in [-0.39, 0.29) is 0 Å². The van der Waals surface area contributed by atoms with E-state index in [0.29, 0.717) is 0 Å². The molecule has 1 aromatic heterocycles. The van der Waals surface area contributed by atoms with Gasteiger partial charge in [0, 0.05) is 56.3 Å². The van der Waals surface area contributed by atoms with Crippen molar-refractivity contribution in [2.75, 3.05) is 9.80 Å². The van der Waals surface area contributed by atoms with Gasteiger partial charge in [-0.1, -0.05) is 134 Å². The minimum atomic E-state index is -1.44. The number of anilines is 6. The molecule has 0 fully saturated rings. The van der Waals surface area contributed by atoms with E-state index in [4.69, 9.17) is 4.42 Å². The summed E-state index contributed by atoms with van der Waals surface area (Å²) >= 11 is 0. The van der Waals surface area contributed by atoms with Crippen molar-refractivity contribution in [3.05, 3.63) is 200 Å². The average Bonchev–Trinajstić information content (AvgIpc) is 3.65. The Kier molecular flexibility index (Phi) is 8.50. The zero-order chi connectivity index (χ0) is 38.5. The first-order chi connectivity index (χ1) is 27.9. The zero-order valence-electron chi connectivity index (χ0n) is 32.4. The van der Waals surface area contributed by atoms with E-state index >= 15 is 0 Å². The fourth-order valence-corrected chi connectivity index (χ4v) is 9.47. The molecule has 274 valence electrons. The molecule has 10 rings (SSSR count). The summed E-state index contributed by atoms with van der Waals surface area (Å²) in [5.74, 6) is 0. The van der Waals surface area contributed by atoms with E-state index in [0.717, 1.165) is 61.4 Å². The fourth-order valence-electron chi connectivity index (χ4n) is 8.30.